The monoisotopic (exact) mass is 232 g/mol. The molecule has 0 saturated heterocycles. The summed E-state index contributed by atoms with van der Waals surface area (Å²) >= 11 is 0. The second-order valence-electron chi connectivity index (χ2n) is 4.84. The topological polar surface area (TPSA) is 80.9 Å². The van der Waals surface area contributed by atoms with Gasteiger partial charge >= 0.3 is 0 Å². The summed E-state index contributed by atoms with van der Waals surface area (Å²) in [5.41, 5.74) is -1.31. The highest BCUT2D eigenvalue weighted by molar-refractivity contribution is 4.95. The number of hydrogen-bond acceptors (Lipinski definition) is 4. The molecule has 0 heterocycles. The molecule has 0 aromatic carbocycles. The lowest BCUT2D eigenvalue weighted by atomic mass is 9.77. The minimum atomic E-state index is -1.31. The third-order valence-electron chi connectivity index (χ3n) is 3.59. The number of aliphatic hydroxyl groups excluding tert-OH is 3. The Bertz CT molecular complexity index is 197. The number of hydrogen-bond donors (Lipinski definition) is 4. The van der Waals surface area contributed by atoms with E-state index in [4.69, 9.17) is 5.11 Å². The molecule has 1 saturated carbocycles. The smallest absolute Gasteiger partial charge is 0.116 e. The van der Waals surface area contributed by atoms with Crippen LogP contribution in [-0.2, 0) is 0 Å². The molecule has 4 nitrogen and oxygen atoms in total. The second kappa shape index (κ2) is 6.55. The molecule has 0 spiro atoms. The van der Waals surface area contributed by atoms with Crippen LogP contribution in [0.15, 0.2) is 0 Å². The largest absolute Gasteiger partial charge is 0.396 e. The molecule has 0 aromatic rings. The molecule has 96 valence electrons. The average molecular weight is 232 g/mol. The molecule has 0 aliphatic heterocycles. The van der Waals surface area contributed by atoms with Gasteiger partial charge in [-0.2, -0.15) is 0 Å². The van der Waals surface area contributed by atoms with Crippen molar-refractivity contribution in [3.8, 4) is 0 Å². The van der Waals surface area contributed by atoms with E-state index < -0.39 is 17.8 Å². The molecule has 0 radical (unpaired) electrons. The van der Waals surface area contributed by atoms with Crippen LogP contribution in [0.4, 0.5) is 0 Å². The highest BCUT2D eigenvalue weighted by atomic mass is 16.4. The molecule has 3 atom stereocenters. The molecule has 1 fully saturated rings. The van der Waals surface area contributed by atoms with Crippen molar-refractivity contribution in [2.24, 2.45) is 0 Å². The molecule has 4 heteroatoms. The van der Waals surface area contributed by atoms with Crippen LogP contribution in [0.1, 0.15) is 51.4 Å². The van der Waals surface area contributed by atoms with Gasteiger partial charge in [-0.05, 0) is 25.7 Å². The Kier molecular flexibility index (Phi) is 5.69. The average Bonchev–Trinajstić information content (AvgIpc) is 2.28. The van der Waals surface area contributed by atoms with Crippen molar-refractivity contribution in [3.05, 3.63) is 0 Å². The zero-order valence-electron chi connectivity index (χ0n) is 9.81. The lowest BCUT2D eigenvalue weighted by molar-refractivity contribution is -0.166. The quantitative estimate of drug-likeness (QED) is 0.505. The van der Waals surface area contributed by atoms with Crippen LogP contribution in [0.25, 0.3) is 0 Å². The summed E-state index contributed by atoms with van der Waals surface area (Å²) in [4.78, 5) is 0. The van der Waals surface area contributed by atoms with E-state index in [1.54, 1.807) is 0 Å². The molecule has 3 unspecified atom stereocenters. The first-order chi connectivity index (χ1) is 7.61. The molecule has 1 aliphatic carbocycles. The first-order valence-electron chi connectivity index (χ1n) is 6.30. The fourth-order valence-corrected chi connectivity index (χ4v) is 2.43. The Morgan fingerprint density at radius 1 is 1.19 bits per heavy atom. The van der Waals surface area contributed by atoms with E-state index in [0.717, 1.165) is 32.1 Å². The van der Waals surface area contributed by atoms with Crippen LogP contribution in [-0.4, -0.2) is 44.8 Å². The van der Waals surface area contributed by atoms with Gasteiger partial charge in [0, 0.05) is 6.61 Å². The van der Waals surface area contributed by atoms with Crippen molar-refractivity contribution >= 4 is 0 Å². The van der Waals surface area contributed by atoms with E-state index in [-0.39, 0.29) is 6.61 Å². The van der Waals surface area contributed by atoms with Gasteiger partial charge in [-0.1, -0.05) is 25.7 Å². The van der Waals surface area contributed by atoms with Crippen molar-refractivity contribution in [2.45, 2.75) is 69.2 Å². The van der Waals surface area contributed by atoms with E-state index in [1.165, 1.54) is 0 Å². The Hall–Kier alpha value is -0.160. The second-order valence-corrected chi connectivity index (χ2v) is 4.84. The summed E-state index contributed by atoms with van der Waals surface area (Å²) in [7, 11) is 0. The Balaban J connectivity index is 2.35. The van der Waals surface area contributed by atoms with Crippen LogP contribution < -0.4 is 0 Å². The molecule has 4 N–H and O–H groups in total. The van der Waals surface area contributed by atoms with Crippen LogP contribution >= 0.6 is 0 Å². The van der Waals surface area contributed by atoms with E-state index in [0.29, 0.717) is 19.3 Å². The molecule has 0 bridgehead atoms. The Morgan fingerprint density at radius 3 is 2.56 bits per heavy atom. The number of unbranched alkanes of at least 4 members (excludes halogenated alkanes) is 2. The van der Waals surface area contributed by atoms with Crippen molar-refractivity contribution in [1.29, 1.82) is 0 Å². The van der Waals surface area contributed by atoms with Crippen LogP contribution in [0, 0.1) is 0 Å². The van der Waals surface area contributed by atoms with Crippen LogP contribution in [0.2, 0.25) is 0 Å². The highest BCUT2D eigenvalue weighted by Gasteiger charge is 2.43. The predicted octanol–water partition coefficient (Wildman–Crippen LogP) is 0.566. The molecule has 1 aliphatic rings. The van der Waals surface area contributed by atoms with Crippen LogP contribution in [0.3, 0.4) is 0 Å². The summed E-state index contributed by atoms with van der Waals surface area (Å²) in [6.45, 7) is 0.170. The summed E-state index contributed by atoms with van der Waals surface area (Å²) in [6.07, 6.45) is 4.04. The molecular weight excluding hydrogens is 208 g/mol. The van der Waals surface area contributed by atoms with E-state index in [9.17, 15) is 15.3 Å². The van der Waals surface area contributed by atoms with Gasteiger partial charge in [-0.3, -0.25) is 0 Å². The van der Waals surface area contributed by atoms with E-state index >= 15 is 0 Å². The Morgan fingerprint density at radius 2 is 1.94 bits per heavy atom. The first kappa shape index (κ1) is 13.9. The fraction of sp³-hybridized carbons (Fsp3) is 1.00. The maximum atomic E-state index is 10.2. The molecule has 1 rings (SSSR count). The van der Waals surface area contributed by atoms with E-state index in [1.807, 2.05) is 0 Å². The van der Waals surface area contributed by atoms with Gasteiger partial charge < -0.3 is 20.4 Å². The Labute approximate surface area is 96.9 Å². The molecule has 16 heavy (non-hydrogen) atoms. The zero-order valence-corrected chi connectivity index (χ0v) is 9.81. The van der Waals surface area contributed by atoms with Gasteiger partial charge in [0.25, 0.3) is 0 Å². The normalized spacial score (nSPS) is 32.6. The van der Waals surface area contributed by atoms with Gasteiger partial charge in [0.1, 0.15) is 5.60 Å². The van der Waals surface area contributed by atoms with Crippen molar-refractivity contribution < 1.29 is 20.4 Å². The lowest BCUT2D eigenvalue weighted by Crippen LogP contribution is -2.53. The minimum absolute atomic E-state index is 0.170. The maximum absolute atomic E-state index is 10.2. The van der Waals surface area contributed by atoms with Crippen molar-refractivity contribution in [3.63, 3.8) is 0 Å². The summed E-state index contributed by atoms with van der Waals surface area (Å²) < 4.78 is 0. The third-order valence-corrected chi connectivity index (χ3v) is 3.59. The minimum Gasteiger partial charge on any atom is -0.396 e. The van der Waals surface area contributed by atoms with Gasteiger partial charge in [-0.15, -0.1) is 0 Å². The van der Waals surface area contributed by atoms with Gasteiger partial charge in [-0.25, -0.2) is 0 Å². The molecule has 0 aromatic heterocycles. The standard InChI is InChI=1S/C12H24O4/c13-9-5-1-2-6-10(14)12(16)8-4-3-7-11(12)15/h10-11,13-16H,1-9H2. The summed E-state index contributed by atoms with van der Waals surface area (Å²) in [5, 5.41) is 38.5. The van der Waals surface area contributed by atoms with Crippen LogP contribution in [0.5, 0.6) is 0 Å². The third kappa shape index (κ3) is 3.42. The fourth-order valence-electron chi connectivity index (χ4n) is 2.43. The van der Waals surface area contributed by atoms with Gasteiger partial charge in [0.05, 0.1) is 12.2 Å². The SMILES string of the molecule is OCCCCCC(O)C1(O)CCCCC1O. The summed E-state index contributed by atoms with van der Waals surface area (Å²) in [5.74, 6) is 0. The summed E-state index contributed by atoms with van der Waals surface area (Å²) in [6, 6.07) is 0. The maximum Gasteiger partial charge on any atom is 0.116 e. The highest BCUT2D eigenvalue weighted by Crippen LogP contribution is 2.33. The predicted molar refractivity (Wildman–Crippen MR) is 61.0 cm³/mol. The number of rotatable bonds is 6. The van der Waals surface area contributed by atoms with Gasteiger partial charge in [0.15, 0.2) is 0 Å². The molecular formula is C12H24O4. The van der Waals surface area contributed by atoms with Crippen molar-refractivity contribution in [1.82, 2.24) is 0 Å². The molecule has 0 amide bonds. The zero-order chi connectivity index (χ0) is 12.0. The van der Waals surface area contributed by atoms with E-state index in [2.05, 4.69) is 0 Å². The van der Waals surface area contributed by atoms with Crippen molar-refractivity contribution in [2.75, 3.05) is 6.61 Å². The number of aliphatic hydroxyl groups is 4. The lowest BCUT2D eigenvalue weighted by Gasteiger charge is -2.40. The first-order valence-corrected chi connectivity index (χ1v) is 6.30. The van der Waals surface area contributed by atoms with Gasteiger partial charge in [0.2, 0.25) is 0 Å².